The lowest BCUT2D eigenvalue weighted by Crippen LogP contribution is -2.02. The molecule has 0 bridgehead atoms. The summed E-state index contributed by atoms with van der Waals surface area (Å²) in [5.41, 5.74) is 0.696. The zero-order valence-electron chi connectivity index (χ0n) is 9.56. The van der Waals surface area contributed by atoms with Gasteiger partial charge in [0.05, 0.1) is 6.20 Å². The zero-order valence-corrected chi connectivity index (χ0v) is 10.3. The molecule has 3 aromatic rings. The van der Waals surface area contributed by atoms with Crippen molar-refractivity contribution in [2.24, 2.45) is 0 Å². The number of nitrogens with zero attached hydrogens (tertiary/aromatic N) is 1. The van der Waals surface area contributed by atoms with Gasteiger partial charge in [-0.05, 0) is 36.4 Å². The molecule has 0 aliphatic rings. The highest BCUT2D eigenvalue weighted by atomic mass is 35.5. The Morgan fingerprint density at radius 1 is 1.21 bits per heavy atom. The second-order valence-corrected chi connectivity index (χ2v) is 4.42. The normalized spacial score (nSPS) is 10.8. The highest BCUT2D eigenvalue weighted by Crippen LogP contribution is 2.24. The fraction of sp³-hybridized carbons (Fsp3) is 0. The van der Waals surface area contributed by atoms with Gasteiger partial charge in [0.25, 0.3) is 0 Å². The van der Waals surface area contributed by atoms with Crippen LogP contribution in [0.15, 0.2) is 47.0 Å². The average Bonchev–Trinajstić information content (AvgIpc) is 2.81. The van der Waals surface area contributed by atoms with E-state index in [1.165, 1.54) is 12.1 Å². The van der Waals surface area contributed by atoms with E-state index >= 15 is 0 Å². The summed E-state index contributed by atoms with van der Waals surface area (Å²) < 4.78 is 18.2. The zero-order chi connectivity index (χ0) is 13.4. The molecule has 94 valence electrons. The highest BCUT2D eigenvalue weighted by molar-refractivity contribution is 6.31. The number of benzene rings is 1. The first-order valence-corrected chi connectivity index (χ1v) is 5.86. The summed E-state index contributed by atoms with van der Waals surface area (Å²) in [7, 11) is 0. The van der Waals surface area contributed by atoms with Crippen LogP contribution in [0.1, 0.15) is 16.2 Å². The van der Waals surface area contributed by atoms with Crippen molar-refractivity contribution in [3.8, 4) is 0 Å². The van der Waals surface area contributed by atoms with Gasteiger partial charge in [0.1, 0.15) is 17.1 Å². The molecule has 1 aromatic carbocycles. The Labute approximate surface area is 112 Å². The van der Waals surface area contributed by atoms with Gasteiger partial charge in [0, 0.05) is 10.4 Å². The molecule has 0 aliphatic heterocycles. The lowest BCUT2D eigenvalue weighted by atomic mass is 10.2. The topological polar surface area (TPSA) is 43.1 Å². The van der Waals surface area contributed by atoms with E-state index in [0.29, 0.717) is 10.6 Å². The van der Waals surface area contributed by atoms with Gasteiger partial charge in [-0.3, -0.25) is 4.79 Å². The van der Waals surface area contributed by atoms with E-state index in [9.17, 15) is 9.18 Å². The fourth-order valence-electron chi connectivity index (χ4n) is 1.76. The fourth-order valence-corrected chi connectivity index (χ4v) is 1.94. The van der Waals surface area contributed by atoms with Crippen molar-refractivity contribution >= 4 is 28.4 Å². The molecule has 0 fully saturated rings. The minimum Gasteiger partial charge on any atom is -0.453 e. The minimum absolute atomic E-state index is 0.131. The molecule has 2 heterocycles. The second-order valence-electron chi connectivity index (χ2n) is 3.98. The number of carbonyl (C=O) groups is 1. The van der Waals surface area contributed by atoms with Gasteiger partial charge in [-0.2, -0.15) is 0 Å². The van der Waals surface area contributed by atoms with Crippen LogP contribution in [0.4, 0.5) is 4.39 Å². The molecule has 3 rings (SSSR count). The first kappa shape index (κ1) is 11.9. The van der Waals surface area contributed by atoms with Crippen molar-refractivity contribution in [2.45, 2.75) is 0 Å². The number of fused-ring (bicyclic) bond motifs is 1. The molecule has 2 aromatic heterocycles. The Kier molecular flexibility index (Phi) is 2.80. The molecule has 0 amide bonds. The first-order valence-electron chi connectivity index (χ1n) is 5.49. The smallest absolute Gasteiger partial charge is 0.246 e. The summed E-state index contributed by atoms with van der Waals surface area (Å²) in [6.45, 7) is 0. The molecular formula is C14H7ClFNO2. The highest BCUT2D eigenvalue weighted by Gasteiger charge is 2.16. The summed E-state index contributed by atoms with van der Waals surface area (Å²) >= 11 is 5.86. The van der Waals surface area contributed by atoms with Crippen LogP contribution in [0.5, 0.6) is 0 Å². The molecule has 0 radical (unpaired) electrons. The molecule has 0 N–H and O–H groups in total. The number of rotatable bonds is 2. The third-order valence-corrected chi connectivity index (χ3v) is 2.90. The number of hydrogen-bond acceptors (Lipinski definition) is 3. The average molecular weight is 276 g/mol. The molecule has 0 aliphatic carbocycles. The third-order valence-electron chi connectivity index (χ3n) is 2.66. The lowest BCUT2D eigenvalue weighted by Gasteiger charge is -1.95. The van der Waals surface area contributed by atoms with E-state index in [-0.39, 0.29) is 11.5 Å². The van der Waals surface area contributed by atoms with Gasteiger partial charge in [0.15, 0.2) is 5.76 Å². The van der Waals surface area contributed by atoms with Crippen molar-refractivity contribution in [2.75, 3.05) is 0 Å². The van der Waals surface area contributed by atoms with Crippen LogP contribution in [-0.2, 0) is 0 Å². The van der Waals surface area contributed by atoms with E-state index in [4.69, 9.17) is 16.0 Å². The first-order chi connectivity index (χ1) is 9.13. The van der Waals surface area contributed by atoms with E-state index in [1.807, 2.05) is 0 Å². The number of carbonyl (C=O) groups excluding carboxylic acids is 1. The maximum atomic E-state index is 12.8. The Morgan fingerprint density at radius 2 is 2.05 bits per heavy atom. The molecule has 3 nitrogen and oxygen atoms in total. The molecule has 19 heavy (non-hydrogen) atoms. The summed E-state index contributed by atoms with van der Waals surface area (Å²) in [6.07, 6.45) is 0.993. The lowest BCUT2D eigenvalue weighted by molar-refractivity contribution is 0.101. The van der Waals surface area contributed by atoms with Crippen molar-refractivity contribution < 1.29 is 13.6 Å². The molecule has 0 spiro atoms. The predicted molar refractivity (Wildman–Crippen MR) is 68.9 cm³/mol. The quantitative estimate of drug-likeness (QED) is 0.667. The predicted octanol–water partition coefficient (Wildman–Crippen LogP) is 3.85. The summed E-state index contributed by atoms with van der Waals surface area (Å²) in [5.74, 6) is -0.739. The molecule has 0 atom stereocenters. The Morgan fingerprint density at radius 3 is 2.79 bits per heavy atom. The summed E-state index contributed by atoms with van der Waals surface area (Å²) in [6, 6.07) is 9.16. The SMILES string of the molecule is O=C(c1ccc(F)cn1)c1cc2cc(Cl)ccc2o1. The van der Waals surface area contributed by atoms with Gasteiger partial charge >= 0.3 is 0 Å². The minimum atomic E-state index is -0.493. The van der Waals surface area contributed by atoms with Crippen molar-refractivity contribution in [3.05, 3.63) is 64.9 Å². The monoisotopic (exact) mass is 275 g/mol. The van der Waals surface area contributed by atoms with Crippen LogP contribution in [0.2, 0.25) is 5.02 Å². The summed E-state index contributed by atoms with van der Waals surface area (Å²) in [5, 5.41) is 1.30. The molecule has 0 unspecified atom stereocenters. The maximum Gasteiger partial charge on any atom is 0.246 e. The van der Waals surface area contributed by atoms with Crippen LogP contribution < -0.4 is 0 Å². The van der Waals surface area contributed by atoms with Crippen molar-refractivity contribution in [1.82, 2.24) is 4.98 Å². The largest absolute Gasteiger partial charge is 0.453 e. The van der Waals surface area contributed by atoms with Gasteiger partial charge in [-0.15, -0.1) is 0 Å². The number of halogens is 2. The number of ketones is 1. The Hall–Kier alpha value is -2.20. The second kappa shape index (κ2) is 4.48. The van der Waals surface area contributed by atoms with E-state index in [2.05, 4.69) is 4.98 Å². The standard InChI is InChI=1S/C14H7ClFNO2/c15-9-1-4-12-8(5-9)6-13(19-12)14(18)11-3-2-10(16)7-17-11/h1-7H. The molecular weight excluding hydrogens is 269 g/mol. The van der Waals surface area contributed by atoms with Gasteiger partial charge in [0.2, 0.25) is 5.78 Å². The maximum absolute atomic E-state index is 12.8. The Balaban J connectivity index is 2.04. The number of aromatic nitrogens is 1. The van der Waals surface area contributed by atoms with Crippen LogP contribution in [0.25, 0.3) is 11.0 Å². The van der Waals surface area contributed by atoms with Crippen molar-refractivity contribution in [1.29, 1.82) is 0 Å². The third kappa shape index (κ3) is 2.22. The summed E-state index contributed by atoms with van der Waals surface area (Å²) in [4.78, 5) is 15.8. The van der Waals surface area contributed by atoms with E-state index in [0.717, 1.165) is 11.6 Å². The number of hydrogen-bond donors (Lipinski definition) is 0. The van der Waals surface area contributed by atoms with Crippen LogP contribution in [-0.4, -0.2) is 10.8 Å². The van der Waals surface area contributed by atoms with Crippen LogP contribution in [0.3, 0.4) is 0 Å². The van der Waals surface area contributed by atoms with Gasteiger partial charge in [-0.25, -0.2) is 9.37 Å². The molecule has 0 saturated heterocycles. The van der Waals surface area contributed by atoms with E-state index < -0.39 is 11.6 Å². The van der Waals surface area contributed by atoms with Gasteiger partial charge in [-0.1, -0.05) is 11.6 Å². The number of pyridine rings is 1. The van der Waals surface area contributed by atoms with Gasteiger partial charge < -0.3 is 4.42 Å². The van der Waals surface area contributed by atoms with E-state index in [1.54, 1.807) is 24.3 Å². The Bertz CT molecular complexity index is 765. The number of furan rings is 1. The molecule has 5 heteroatoms. The van der Waals surface area contributed by atoms with Crippen molar-refractivity contribution in [3.63, 3.8) is 0 Å². The van der Waals surface area contributed by atoms with Crippen LogP contribution >= 0.6 is 11.6 Å². The van der Waals surface area contributed by atoms with Crippen LogP contribution in [0, 0.1) is 5.82 Å². The molecule has 0 saturated carbocycles.